The van der Waals surface area contributed by atoms with E-state index in [2.05, 4.69) is 0 Å². The van der Waals surface area contributed by atoms with Gasteiger partial charge in [0.2, 0.25) is 6.41 Å². The first-order valence-corrected chi connectivity index (χ1v) is 12.9. The van der Waals surface area contributed by atoms with Crippen LogP contribution in [0.15, 0.2) is 66.7 Å². The third-order valence-corrected chi connectivity index (χ3v) is 7.01. The zero-order valence-electron chi connectivity index (χ0n) is 22.2. The van der Waals surface area contributed by atoms with Gasteiger partial charge in [-0.05, 0) is 73.2 Å². The summed E-state index contributed by atoms with van der Waals surface area (Å²) < 4.78 is 107. The molecule has 0 spiro atoms. The van der Waals surface area contributed by atoms with E-state index in [0.717, 1.165) is 25.5 Å². The van der Waals surface area contributed by atoms with Crippen LogP contribution in [0.1, 0.15) is 59.7 Å². The predicted octanol–water partition coefficient (Wildman–Crippen LogP) is 7.92. The first-order chi connectivity index (χ1) is 19.3. The molecule has 11 heteroatoms. The first-order valence-electron chi connectivity index (χ1n) is 12.9. The standard InChI is InChI=1S/C30H28F7NO3/c1-18(28(40-2)21-13-22(29(32,33)34)16-23(14-21)30(35,36)37)38(17-39)26(12-19-6-4-3-5-7-19)20-8-11-25(31)27(15-20)41-24-9-10-24/h3-8,11,13-18,24,26,28H,9-10,12H2,1-2H3. The summed E-state index contributed by atoms with van der Waals surface area (Å²) in [5.41, 5.74) is -2.12. The minimum absolute atomic E-state index is 0.00227. The van der Waals surface area contributed by atoms with Crippen LogP contribution in [0.25, 0.3) is 0 Å². The van der Waals surface area contributed by atoms with E-state index in [0.29, 0.717) is 24.1 Å². The van der Waals surface area contributed by atoms with Gasteiger partial charge in [-0.15, -0.1) is 0 Å². The third kappa shape index (κ3) is 7.38. The number of alkyl halides is 6. The Morgan fingerprint density at radius 3 is 2.02 bits per heavy atom. The maximum atomic E-state index is 14.6. The number of ether oxygens (including phenoxy) is 2. The molecular formula is C30H28F7NO3. The molecule has 3 atom stereocenters. The van der Waals surface area contributed by atoms with Crippen LogP contribution in [0.2, 0.25) is 0 Å². The van der Waals surface area contributed by atoms with Gasteiger partial charge >= 0.3 is 12.4 Å². The molecule has 4 nitrogen and oxygen atoms in total. The fourth-order valence-electron chi connectivity index (χ4n) is 4.78. The van der Waals surface area contributed by atoms with Crippen LogP contribution in [0.4, 0.5) is 30.7 Å². The number of carbonyl (C=O) groups is 1. The molecule has 41 heavy (non-hydrogen) atoms. The zero-order chi connectivity index (χ0) is 29.9. The molecule has 0 heterocycles. The van der Waals surface area contributed by atoms with Crippen molar-refractivity contribution in [3.63, 3.8) is 0 Å². The van der Waals surface area contributed by atoms with Crippen molar-refractivity contribution < 1.29 is 45.0 Å². The van der Waals surface area contributed by atoms with Crippen molar-refractivity contribution in [3.8, 4) is 5.75 Å². The average Bonchev–Trinajstić information content (AvgIpc) is 3.74. The maximum absolute atomic E-state index is 14.6. The molecular weight excluding hydrogens is 555 g/mol. The van der Waals surface area contributed by atoms with E-state index >= 15 is 0 Å². The summed E-state index contributed by atoms with van der Waals surface area (Å²) >= 11 is 0. The summed E-state index contributed by atoms with van der Waals surface area (Å²) in [4.78, 5) is 13.9. The lowest BCUT2D eigenvalue weighted by molar-refractivity contribution is -0.143. The Kier molecular flexibility index (Phi) is 8.96. The van der Waals surface area contributed by atoms with Gasteiger partial charge in [-0.3, -0.25) is 4.79 Å². The Labute approximate surface area is 232 Å². The lowest BCUT2D eigenvalue weighted by Crippen LogP contribution is -2.41. The highest BCUT2D eigenvalue weighted by atomic mass is 19.4. The lowest BCUT2D eigenvalue weighted by Gasteiger charge is -2.38. The van der Waals surface area contributed by atoms with Crippen molar-refractivity contribution in [1.29, 1.82) is 0 Å². The first kappa shape index (κ1) is 30.4. The number of benzene rings is 3. The fourth-order valence-corrected chi connectivity index (χ4v) is 4.78. The molecule has 1 aliphatic carbocycles. The van der Waals surface area contributed by atoms with Gasteiger partial charge < -0.3 is 14.4 Å². The van der Waals surface area contributed by atoms with Crippen molar-refractivity contribution in [2.45, 2.75) is 62.8 Å². The van der Waals surface area contributed by atoms with E-state index in [4.69, 9.17) is 9.47 Å². The molecule has 4 rings (SSSR count). The van der Waals surface area contributed by atoms with Gasteiger partial charge in [0.1, 0.15) is 6.10 Å². The van der Waals surface area contributed by atoms with Crippen LogP contribution in [-0.2, 0) is 28.3 Å². The molecule has 1 aliphatic rings. The van der Waals surface area contributed by atoms with Gasteiger partial charge in [-0.1, -0.05) is 36.4 Å². The third-order valence-electron chi connectivity index (χ3n) is 7.01. The number of amides is 1. The largest absolute Gasteiger partial charge is 0.487 e. The number of rotatable bonds is 11. The summed E-state index contributed by atoms with van der Waals surface area (Å²) in [6.07, 6.45) is -9.35. The smallest absolute Gasteiger partial charge is 0.416 e. The summed E-state index contributed by atoms with van der Waals surface area (Å²) in [5.74, 6) is -0.597. The van der Waals surface area contributed by atoms with E-state index in [1.807, 2.05) is 12.1 Å². The van der Waals surface area contributed by atoms with Crippen molar-refractivity contribution in [3.05, 3.63) is 100 Å². The highest BCUT2D eigenvalue weighted by Gasteiger charge is 2.39. The van der Waals surface area contributed by atoms with E-state index in [-0.39, 0.29) is 24.3 Å². The van der Waals surface area contributed by atoms with E-state index in [1.54, 1.807) is 18.2 Å². The monoisotopic (exact) mass is 583 g/mol. The molecule has 0 bridgehead atoms. The number of hydrogen-bond acceptors (Lipinski definition) is 3. The molecule has 1 amide bonds. The Morgan fingerprint density at radius 1 is 0.902 bits per heavy atom. The molecule has 3 unspecified atom stereocenters. The zero-order valence-corrected chi connectivity index (χ0v) is 22.2. The molecule has 1 saturated carbocycles. The summed E-state index contributed by atoms with van der Waals surface area (Å²) in [5, 5.41) is 0. The molecule has 0 aliphatic heterocycles. The topological polar surface area (TPSA) is 38.8 Å². The minimum atomic E-state index is -5.05. The second kappa shape index (κ2) is 12.1. The number of methoxy groups -OCH3 is 1. The quantitative estimate of drug-likeness (QED) is 0.170. The fraction of sp³-hybridized carbons (Fsp3) is 0.367. The Hall–Kier alpha value is -3.60. The Morgan fingerprint density at radius 2 is 1.51 bits per heavy atom. The van der Waals surface area contributed by atoms with Gasteiger partial charge in [0.25, 0.3) is 0 Å². The van der Waals surface area contributed by atoms with E-state index in [1.165, 1.54) is 30.0 Å². The van der Waals surface area contributed by atoms with Crippen molar-refractivity contribution in [1.82, 2.24) is 4.90 Å². The normalized spacial score (nSPS) is 16.1. The van der Waals surface area contributed by atoms with Crippen LogP contribution in [0.5, 0.6) is 5.75 Å². The minimum Gasteiger partial charge on any atom is -0.487 e. The van der Waals surface area contributed by atoms with Gasteiger partial charge in [0, 0.05) is 7.11 Å². The molecule has 3 aromatic carbocycles. The summed E-state index contributed by atoms with van der Waals surface area (Å²) in [6.45, 7) is 1.47. The van der Waals surface area contributed by atoms with Crippen LogP contribution in [-0.4, -0.2) is 30.6 Å². The van der Waals surface area contributed by atoms with Crippen LogP contribution in [0, 0.1) is 5.82 Å². The van der Waals surface area contributed by atoms with Gasteiger partial charge in [0.05, 0.1) is 29.3 Å². The highest BCUT2D eigenvalue weighted by Crippen LogP contribution is 2.40. The van der Waals surface area contributed by atoms with E-state index in [9.17, 15) is 35.5 Å². The second-order valence-electron chi connectivity index (χ2n) is 10.0. The molecule has 220 valence electrons. The number of carbonyl (C=O) groups excluding carboxylic acids is 1. The molecule has 1 fully saturated rings. The van der Waals surface area contributed by atoms with Gasteiger partial charge in [-0.2, -0.15) is 26.3 Å². The summed E-state index contributed by atoms with van der Waals surface area (Å²) in [6, 6.07) is 12.5. The van der Waals surface area contributed by atoms with Crippen molar-refractivity contribution in [2.75, 3.05) is 7.11 Å². The van der Waals surface area contributed by atoms with Gasteiger partial charge in [0.15, 0.2) is 11.6 Å². The molecule has 0 radical (unpaired) electrons. The van der Waals surface area contributed by atoms with Crippen LogP contribution >= 0.6 is 0 Å². The second-order valence-corrected chi connectivity index (χ2v) is 10.0. The predicted molar refractivity (Wildman–Crippen MR) is 136 cm³/mol. The summed E-state index contributed by atoms with van der Waals surface area (Å²) in [7, 11) is 1.14. The van der Waals surface area contributed by atoms with Crippen molar-refractivity contribution >= 4 is 6.41 Å². The highest BCUT2D eigenvalue weighted by molar-refractivity contribution is 5.51. The van der Waals surface area contributed by atoms with Crippen LogP contribution < -0.4 is 4.74 Å². The van der Waals surface area contributed by atoms with Gasteiger partial charge in [-0.25, -0.2) is 4.39 Å². The lowest BCUT2D eigenvalue weighted by atomic mass is 9.92. The maximum Gasteiger partial charge on any atom is 0.416 e. The van der Waals surface area contributed by atoms with E-state index < -0.39 is 53.0 Å². The number of halogens is 7. The SMILES string of the molecule is COC(c1cc(C(F)(F)F)cc(C(F)(F)F)c1)C(C)N(C=O)C(Cc1ccccc1)c1ccc(F)c(OC2CC2)c1. The molecule has 0 saturated heterocycles. The average molecular weight is 584 g/mol. The van der Waals surface area contributed by atoms with Crippen molar-refractivity contribution in [2.24, 2.45) is 0 Å². The molecule has 0 N–H and O–H groups in total. The number of nitrogens with zero attached hydrogens (tertiary/aromatic N) is 1. The van der Waals surface area contributed by atoms with Crippen LogP contribution in [0.3, 0.4) is 0 Å². The Bertz CT molecular complexity index is 1310. The number of hydrogen-bond donors (Lipinski definition) is 0. The Balaban J connectivity index is 1.77. The molecule has 0 aromatic heterocycles. The molecule has 3 aromatic rings.